The van der Waals surface area contributed by atoms with Gasteiger partial charge in [0.25, 0.3) is 0 Å². The topological polar surface area (TPSA) is 20.2 Å². The van der Waals surface area contributed by atoms with Crippen LogP contribution in [0.25, 0.3) is 5.76 Å². The molecule has 1 nitrogen and oxygen atoms in total. The Morgan fingerprint density at radius 3 is 1.65 bits per heavy atom. The zero-order chi connectivity index (χ0) is 17.3. The molecule has 1 rings (SSSR count). The van der Waals surface area contributed by atoms with Crippen molar-refractivity contribution in [2.75, 3.05) is 0 Å². The van der Waals surface area contributed by atoms with Gasteiger partial charge in [-0.1, -0.05) is 30.3 Å². The molecular formula is C21H37OSn. The van der Waals surface area contributed by atoms with Crippen molar-refractivity contribution in [1.82, 2.24) is 0 Å². The van der Waals surface area contributed by atoms with Crippen LogP contribution in [0.3, 0.4) is 0 Å². The van der Waals surface area contributed by atoms with E-state index in [1.165, 1.54) is 38.5 Å². The first-order chi connectivity index (χ1) is 11.2. The Hall–Kier alpha value is -0.441. The van der Waals surface area contributed by atoms with Gasteiger partial charge in [0.15, 0.2) is 0 Å². The molecule has 1 aromatic carbocycles. The Kier molecular flexibility index (Phi) is 16.1. The van der Waals surface area contributed by atoms with Crippen LogP contribution in [0.15, 0.2) is 36.4 Å². The van der Waals surface area contributed by atoms with E-state index in [2.05, 4.69) is 20.8 Å². The van der Waals surface area contributed by atoms with E-state index < -0.39 is 19.8 Å². The molecule has 0 aliphatic carbocycles. The molecule has 23 heavy (non-hydrogen) atoms. The summed E-state index contributed by atoms with van der Waals surface area (Å²) in [5, 5.41) is 9.19. The summed E-state index contributed by atoms with van der Waals surface area (Å²) < 4.78 is 5.04. The molecule has 0 atom stereocenters. The summed E-state index contributed by atoms with van der Waals surface area (Å²) >= 11 is -0.839. The Morgan fingerprint density at radius 1 is 0.870 bits per heavy atom. The minimum atomic E-state index is -0.839. The van der Waals surface area contributed by atoms with Gasteiger partial charge in [0, 0.05) is 5.56 Å². The number of hydrogen-bond acceptors (Lipinski definition) is 1. The summed E-state index contributed by atoms with van der Waals surface area (Å²) in [6.45, 7) is 8.81. The zero-order valence-corrected chi connectivity index (χ0v) is 18.6. The van der Waals surface area contributed by atoms with E-state index >= 15 is 0 Å². The normalized spacial score (nSPS) is 11.3. The standard InChI is InChI=1S/C9H10O.3C4H9.Sn/c1-2-9(10)8-6-4-3-5-7-8;3*1-3-4-2;/h2-7,10H,1H3;3*1,3-4H2,2H3;/b9-2-;;;;. The second kappa shape index (κ2) is 16.4. The van der Waals surface area contributed by atoms with Crippen LogP contribution in [0.5, 0.6) is 0 Å². The van der Waals surface area contributed by atoms with E-state index in [-0.39, 0.29) is 0 Å². The van der Waals surface area contributed by atoms with Gasteiger partial charge in [0.2, 0.25) is 0 Å². The third-order valence-electron chi connectivity index (χ3n) is 3.99. The number of aliphatic hydroxyl groups excluding tert-OH is 1. The quantitative estimate of drug-likeness (QED) is 0.305. The Balaban J connectivity index is 0.000000433. The number of aliphatic hydroxyl groups is 1. The summed E-state index contributed by atoms with van der Waals surface area (Å²) in [6, 6.07) is 9.46. The first-order valence-electron chi connectivity index (χ1n) is 9.43. The molecule has 2 heteroatoms. The zero-order valence-electron chi connectivity index (χ0n) is 15.8. The maximum atomic E-state index is 9.19. The Bertz CT molecular complexity index is 367. The van der Waals surface area contributed by atoms with Crippen LogP contribution in [0.2, 0.25) is 13.3 Å². The first-order valence-corrected chi connectivity index (χ1v) is 15.5. The van der Waals surface area contributed by atoms with Crippen LogP contribution >= 0.6 is 0 Å². The third-order valence-corrected chi connectivity index (χ3v) is 13.1. The van der Waals surface area contributed by atoms with Crippen molar-refractivity contribution >= 4 is 25.5 Å². The van der Waals surface area contributed by atoms with Crippen LogP contribution in [0.4, 0.5) is 0 Å². The molecule has 0 aliphatic rings. The molecule has 0 saturated carbocycles. The molecule has 0 aromatic heterocycles. The van der Waals surface area contributed by atoms with E-state index in [0.717, 1.165) is 5.56 Å². The predicted molar refractivity (Wildman–Crippen MR) is 108 cm³/mol. The fourth-order valence-corrected chi connectivity index (χ4v) is 11.9. The molecule has 0 bridgehead atoms. The number of benzene rings is 1. The van der Waals surface area contributed by atoms with E-state index in [1.807, 2.05) is 37.3 Å². The predicted octanol–water partition coefficient (Wildman–Crippen LogP) is 7.49. The monoisotopic (exact) mass is 425 g/mol. The fourth-order valence-electron chi connectivity index (χ4n) is 2.43. The summed E-state index contributed by atoms with van der Waals surface area (Å²) in [5.41, 5.74) is 0.866. The molecule has 0 saturated heterocycles. The Morgan fingerprint density at radius 2 is 1.30 bits per heavy atom. The van der Waals surface area contributed by atoms with Gasteiger partial charge in [-0.05, 0) is 13.0 Å². The minimum absolute atomic E-state index is 0.334. The molecule has 1 radical (unpaired) electrons. The maximum absolute atomic E-state index is 9.19. The van der Waals surface area contributed by atoms with E-state index in [4.69, 9.17) is 0 Å². The summed E-state index contributed by atoms with van der Waals surface area (Å²) in [4.78, 5) is 0. The molecule has 0 unspecified atom stereocenters. The van der Waals surface area contributed by atoms with Crippen LogP contribution < -0.4 is 0 Å². The van der Waals surface area contributed by atoms with Gasteiger partial charge in [0.05, 0.1) is 0 Å². The molecule has 0 heterocycles. The van der Waals surface area contributed by atoms with Crippen LogP contribution in [-0.4, -0.2) is 24.9 Å². The molecule has 0 fully saturated rings. The van der Waals surface area contributed by atoms with Gasteiger partial charge in [-0.25, -0.2) is 0 Å². The number of allylic oxidation sites excluding steroid dienone is 1. The average molecular weight is 424 g/mol. The van der Waals surface area contributed by atoms with Crippen molar-refractivity contribution in [3.63, 3.8) is 0 Å². The van der Waals surface area contributed by atoms with Crippen molar-refractivity contribution in [2.45, 2.75) is 79.5 Å². The van der Waals surface area contributed by atoms with E-state index in [1.54, 1.807) is 19.4 Å². The number of hydrogen-bond donors (Lipinski definition) is 1. The van der Waals surface area contributed by atoms with Crippen LogP contribution in [-0.2, 0) is 0 Å². The average Bonchev–Trinajstić information content (AvgIpc) is 2.61. The Labute approximate surface area is 151 Å². The number of rotatable bonds is 10. The van der Waals surface area contributed by atoms with Crippen molar-refractivity contribution in [3.8, 4) is 0 Å². The van der Waals surface area contributed by atoms with Crippen molar-refractivity contribution in [2.24, 2.45) is 0 Å². The van der Waals surface area contributed by atoms with Crippen molar-refractivity contribution < 1.29 is 5.11 Å². The van der Waals surface area contributed by atoms with Crippen molar-refractivity contribution in [3.05, 3.63) is 42.0 Å². The summed E-state index contributed by atoms with van der Waals surface area (Å²) in [5.74, 6) is 0.334. The van der Waals surface area contributed by atoms with Crippen LogP contribution in [0, 0.1) is 0 Å². The molecule has 0 amide bonds. The van der Waals surface area contributed by atoms with E-state index in [0.29, 0.717) is 5.76 Å². The second-order valence-electron chi connectivity index (χ2n) is 6.10. The molecule has 131 valence electrons. The summed E-state index contributed by atoms with van der Waals surface area (Å²) in [6.07, 6.45) is 10.5. The third kappa shape index (κ3) is 12.6. The van der Waals surface area contributed by atoms with Crippen LogP contribution in [0.1, 0.15) is 71.8 Å². The molecule has 1 aromatic rings. The first kappa shape index (κ1) is 22.6. The van der Waals surface area contributed by atoms with Gasteiger partial charge >= 0.3 is 92.4 Å². The van der Waals surface area contributed by atoms with Gasteiger partial charge in [-0.15, -0.1) is 0 Å². The van der Waals surface area contributed by atoms with Gasteiger partial charge in [-0.3, -0.25) is 0 Å². The fraction of sp³-hybridized carbons (Fsp3) is 0.619. The van der Waals surface area contributed by atoms with Gasteiger partial charge < -0.3 is 5.11 Å². The molecular weight excluding hydrogens is 387 g/mol. The second-order valence-corrected chi connectivity index (χ2v) is 14.7. The molecule has 1 N–H and O–H groups in total. The van der Waals surface area contributed by atoms with Crippen molar-refractivity contribution in [1.29, 1.82) is 0 Å². The van der Waals surface area contributed by atoms with Gasteiger partial charge in [-0.2, -0.15) is 0 Å². The molecule has 0 aliphatic heterocycles. The molecule has 0 spiro atoms. The van der Waals surface area contributed by atoms with E-state index in [9.17, 15) is 5.11 Å². The summed E-state index contributed by atoms with van der Waals surface area (Å²) in [7, 11) is 0. The van der Waals surface area contributed by atoms with Gasteiger partial charge in [0.1, 0.15) is 5.76 Å². The SMILES string of the molecule is C/C=C(\O)c1ccccc1.CCC[CH2][Sn]([CH2]CCC)[CH2]CCC. The number of unbranched alkanes of at least 4 members (excludes halogenated alkanes) is 3.